The molecular weight excluding hydrogens is 384 g/mol. The Morgan fingerprint density at radius 1 is 1.23 bits per heavy atom. The Morgan fingerprint density at radius 3 is 2.63 bits per heavy atom. The number of ether oxygens (including phenoxy) is 1. The minimum absolute atomic E-state index is 0.0829. The standard InChI is InChI=1S/C21H26N6O3/c1-3-17-20(28)25-16-10-14(4-5-18(16)30-17)13-26-6-8-27(9-7-26)15-11-23-19(24-12-15)21(29)22-2/h4-5,10-12,17H,3,6-9,13H2,1-2H3,(H,22,29)(H,25,28)/t17-/m1/s1. The molecule has 1 atom stereocenters. The van der Waals surface area contributed by atoms with Gasteiger partial charge >= 0.3 is 0 Å². The second kappa shape index (κ2) is 8.66. The largest absolute Gasteiger partial charge is 0.478 e. The van der Waals surface area contributed by atoms with Crippen molar-refractivity contribution < 1.29 is 14.3 Å². The molecule has 1 aromatic carbocycles. The van der Waals surface area contributed by atoms with E-state index in [1.807, 2.05) is 19.1 Å². The molecule has 9 heteroatoms. The number of piperazine rings is 1. The molecule has 3 heterocycles. The number of benzene rings is 1. The Kier molecular flexibility index (Phi) is 5.80. The van der Waals surface area contributed by atoms with Crippen molar-refractivity contribution in [1.82, 2.24) is 20.2 Å². The molecule has 2 aliphatic rings. The lowest BCUT2D eigenvalue weighted by molar-refractivity contribution is -0.123. The van der Waals surface area contributed by atoms with Crippen molar-refractivity contribution >= 4 is 23.2 Å². The van der Waals surface area contributed by atoms with Crippen molar-refractivity contribution in [1.29, 1.82) is 0 Å². The summed E-state index contributed by atoms with van der Waals surface area (Å²) in [7, 11) is 1.56. The zero-order valence-electron chi connectivity index (χ0n) is 17.2. The van der Waals surface area contributed by atoms with Crippen LogP contribution in [0.2, 0.25) is 0 Å². The average Bonchev–Trinajstić information content (AvgIpc) is 2.78. The topological polar surface area (TPSA) is 99.7 Å². The third-order valence-corrected chi connectivity index (χ3v) is 5.45. The lowest BCUT2D eigenvalue weighted by atomic mass is 10.1. The number of nitrogens with zero attached hydrogens (tertiary/aromatic N) is 4. The van der Waals surface area contributed by atoms with Gasteiger partial charge in [-0.05, 0) is 24.1 Å². The van der Waals surface area contributed by atoms with Crippen LogP contribution in [0.5, 0.6) is 5.75 Å². The Balaban J connectivity index is 1.34. The normalized spacial score (nSPS) is 18.9. The quantitative estimate of drug-likeness (QED) is 0.766. The maximum atomic E-state index is 12.1. The van der Waals surface area contributed by atoms with Crippen LogP contribution in [0.1, 0.15) is 29.5 Å². The molecule has 9 nitrogen and oxygen atoms in total. The van der Waals surface area contributed by atoms with Crippen LogP contribution in [0.15, 0.2) is 30.6 Å². The highest BCUT2D eigenvalue weighted by Crippen LogP contribution is 2.31. The summed E-state index contributed by atoms with van der Waals surface area (Å²) in [4.78, 5) is 36.5. The van der Waals surface area contributed by atoms with Crippen molar-refractivity contribution in [2.24, 2.45) is 0 Å². The number of hydrogen-bond acceptors (Lipinski definition) is 7. The minimum atomic E-state index is -0.411. The van der Waals surface area contributed by atoms with Gasteiger partial charge in [0.05, 0.1) is 23.8 Å². The number of amides is 2. The highest BCUT2D eigenvalue weighted by Gasteiger charge is 2.26. The second-order valence-corrected chi connectivity index (χ2v) is 7.44. The molecule has 1 fully saturated rings. The number of fused-ring (bicyclic) bond motifs is 1. The van der Waals surface area contributed by atoms with Gasteiger partial charge in [-0.1, -0.05) is 13.0 Å². The van der Waals surface area contributed by atoms with Crippen LogP contribution in [0.25, 0.3) is 0 Å². The van der Waals surface area contributed by atoms with Crippen LogP contribution < -0.4 is 20.3 Å². The monoisotopic (exact) mass is 410 g/mol. The fourth-order valence-corrected chi connectivity index (χ4v) is 3.70. The molecule has 0 radical (unpaired) electrons. The van der Waals surface area contributed by atoms with Gasteiger partial charge < -0.3 is 20.3 Å². The van der Waals surface area contributed by atoms with Gasteiger partial charge in [-0.25, -0.2) is 9.97 Å². The third kappa shape index (κ3) is 4.20. The molecule has 0 bridgehead atoms. The van der Waals surface area contributed by atoms with Crippen LogP contribution in [0, 0.1) is 0 Å². The first kappa shape index (κ1) is 20.1. The number of hydrogen-bond donors (Lipinski definition) is 2. The van der Waals surface area contributed by atoms with E-state index in [0.29, 0.717) is 6.42 Å². The van der Waals surface area contributed by atoms with Crippen molar-refractivity contribution in [3.63, 3.8) is 0 Å². The Bertz CT molecular complexity index is 925. The SMILES string of the molecule is CC[C@H]1Oc2ccc(CN3CCN(c4cnc(C(=O)NC)nc4)CC3)cc2NC1=O. The van der Waals surface area contributed by atoms with Gasteiger partial charge in [-0.2, -0.15) is 0 Å². The van der Waals surface area contributed by atoms with E-state index >= 15 is 0 Å². The lowest BCUT2D eigenvalue weighted by Gasteiger charge is -2.36. The number of carbonyl (C=O) groups is 2. The molecular formula is C21H26N6O3. The van der Waals surface area contributed by atoms with E-state index in [1.54, 1.807) is 19.4 Å². The molecule has 158 valence electrons. The minimum Gasteiger partial charge on any atom is -0.478 e. The van der Waals surface area contributed by atoms with Crippen LogP contribution >= 0.6 is 0 Å². The van der Waals surface area contributed by atoms with E-state index in [1.165, 1.54) is 0 Å². The van der Waals surface area contributed by atoms with Crippen LogP contribution in [-0.4, -0.2) is 66.0 Å². The predicted molar refractivity (Wildman–Crippen MR) is 113 cm³/mol. The summed E-state index contributed by atoms with van der Waals surface area (Å²) in [6.45, 7) is 6.24. The van der Waals surface area contributed by atoms with Gasteiger partial charge in [0, 0.05) is 39.8 Å². The fourth-order valence-electron chi connectivity index (χ4n) is 3.70. The van der Waals surface area contributed by atoms with Crippen molar-refractivity contribution in [2.75, 3.05) is 43.4 Å². The molecule has 0 spiro atoms. The fraction of sp³-hybridized carbons (Fsp3) is 0.429. The number of rotatable bonds is 5. The highest BCUT2D eigenvalue weighted by molar-refractivity contribution is 5.97. The Labute approximate surface area is 175 Å². The summed E-state index contributed by atoms with van der Waals surface area (Å²) in [5.41, 5.74) is 2.80. The Hall–Kier alpha value is -3.20. The maximum Gasteiger partial charge on any atom is 0.288 e. The van der Waals surface area contributed by atoms with Gasteiger partial charge in [0.15, 0.2) is 6.10 Å². The first-order valence-corrected chi connectivity index (χ1v) is 10.2. The van der Waals surface area contributed by atoms with Gasteiger partial charge in [0.1, 0.15) is 5.75 Å². The van der Waals surface area contributed by atoms with E-state index in [2.05, 4.69) is 36.5 Å². The number of carbonyl (C=O) groups excluding carboxylic acids is 2. The van der Waals surface area contributed by atoms with E-state index in [0.717, 1.165) is 55.4 Å². The van der Waals surface area contributed by atoms with Crippen LogP contribution in [-0.2, 0) is 11.3 Å². The summed E-state index contributed by atoms with van der Waals surface area (Å²) in [6, 6.07) is 5.99. The molecule has 4 rings (SSSR count). The number of nitrogens with one attached hydrogen (secondary N) is 2. The lowest BCUT2D eigenvalue weighted by Crippen LogP contribution is -2.46. The molecule has 30 heavy (non-hydrogen) atoms. The molecule has 1 aromatic heterocycles. The molecule has 1 saturated heterocycles. The van der Waals surface area contributed by atoms with Crippen molar-refractivity contribution in [2.45, 2.75) is 26.0 Å². The van der Waals surface area contributed by atoms with Crippen molar-refractivity contribution in [3.8, 4) is 5.75 Å². The van der Waals surface area contributed by atoms with Gasteiger partial charge in [-0.15, -0.1) is 0 Å². The molecule has 0 unspecified atom stereocenters. The second-order valence-electron chi connectivity index (χ2n) is 7.44. The Morgan fingerprint density at radius 2 is 1.97 bits per heavy atom. The zero-order valence-corrected chi connectivity index (χ0v) is 17.2. The van der Waals surface area contributed by atoms with Gasteiger partial charge in [0.25, 0.3) is 11.8 Å². The van der Waals surface area contributed by atoms with E-state index in [4.69, 9.17) is 4.74 Å². The molecule has 2 aromatic rings. The molecule has 0 saturated carbocycles. The van der Waals surface area contributed by atoms with E-state index < -0.39 is 6.10 Å². The molecule has 2 amide bonds. The zero-order chi connectivity index (χ0) is 21.1. The summed E-state index contributed by atoms with van der Waals surface area (Å²) in [5, 5.41) is 5.47. The molecule has 0 aliphatic carbocycles. The predicted octanol–water partition coefficient (Wildman–Crippen LogP) is 1.27. The van der Waals surface area contributed by atoms with E-state index in [-0.39, 0.29) is 17.6 Å². The third-order valence-electron chi connectivity index (χ3n) is 5.45. The summed E-state index contributed by atoms with van der Waals surface area (Å²) >= 11 is 0. The van der Waals surface area contributed by atoms with E-state index in [9.17, 15) is 9.59 Å². The maximum absolute atomic E-state index is 12.1. The molecule has 2 aliphatic heterocycles. The number of anilines is 2. The van der Waals surface area contributed by atoms with Crippen molar-refractivity contribution in [3.05, 3.63) is 42.0 Å². The van der Waals surface area contributed by atoms with Crippen LogP contribution in [0.3, 0.4) is 0 Å². The van der Waals surface area contributed by atoms with Crippen LogP contribution in [0.4, 0.5) is 11.4 Å². The summed E-state index contributed by atoms with van der Waals surface area (Å²) in [6.07, 6.45) is 3.63. The smallest absolute Gasteiger partial charge is 0.288 e. The molecule has 2 N–H and O–H groups in total. The first-order valence-electron chi connectivity index (χ1n) is 10.2. The summed E-state index contributed by atoms with van der Waals surface area (Å²) in [5.74, 6) is 0.535. The summed E-state index contributed by atoms with van der Waals surface area (Å²) < 4.78 is 5.76. The highest BCUT2D eigenvalue weighted by atomic mass is 16.5. The first-order chi connectivity index (χ1) is 14.6. The average molecular weight is 410 g/mol. The number of aromatic nitrogens is 2. The van der Waals surface area contributed by atoms with Gasteiger partial charge in [-0.3, -0.25) is 14.5 Å². The van der Waals surface area contributed by atoms with Gasteiger partial charge in [0.2, 0.25) is 5.82 Å².